The zero-order valence-electron chi connectivity index (χ0n) is 17.0. The van der Waals surface area contributed by atoms with Gasteiger partial charge in [0.15, 0.2) is 0 Å². The van der Waals surface area contributed by atoms with E-state index in [0.717, 1.165) is 13.1 Å². The highest BCUT2D eigenvalue weighted by molar-refractivity contribution is 5.94. The molecule has 1 aliphatic heterocycles. The van der Waals surface area contributed by atoms with Crippen LogP contribution in [0.1, 0.15) is 31.7 Å². The fourth-order valence-corrected chi connectivity index (χ4v) is 3.61. The minimum atomic E-state index is -0.457. The molecule has 0 spiro atoms. The average Bonchev–Trinajstić information content (AvgIpc) is 2.74. The Bertz CT molecular complexity index is 847. The highest BCUT2D eigenvalue weighted by atomic mass is 16.6. The van der Waals surface area contributed by atoms with E-state index in [1.807, 2.05) is 24.9 Å². The van der Waals surface area contributed by atoms with Crippen LogP contribution in [-0.2, 0) is 11.3 Å². The van der Waals surface area contributed by atoms with Crippen LogP contribution in [0.25, 0.3) is 0 Å². The molecule has 1 heterocycles. The number of para-hydroxylation sites is 1. The van der Waals surface area contributed by atoms with Crippen molar-refractivity contribution in [2.24, 2.45) is 0 Å². The lowest BCUT2D eigenvalue weighted by Gasteiger charge is -2.32. The Balaban J connectivity index is 1.63. The van der Waals surface area contributed by atoms with E-state index in [1.165, 1.54) is 42.6 Å². The predicted octanol–water partition coefficient (Wildman–Crippen LogP) is 4.04. The van der Waals surface area contributed by atoms with E-state index < -0.39 is 4.92 Å². The summed E-state index contributed by atoms with van der Waals surface area (Å²) >= 11 is 0. The van der Waals surface area contributed by atoms with Gasteiger partial charge in [0.1, 0.15) is 0 Å². The smallest absolute Gasteiger partial charge is 0.269 e. The first-order valence-electron chi connectivity index (χ1n) is 10.0. The predicted molar refractivity (Wildman–Crippen MR) is 115 cm³/mol. The van der Waals surface area contributed by atoms with Gasteiger partial charge in [0, 0.05) is 43.1 Å². The normalized spacial score (nSPS) is 15.2. The average molecular weight is 396 g/mol. The molecule has 0 aromatic heterocycles. The minimum absolute atomic E-state index is 0.00230. The summed E-state index contributed by atoms with van der Waals surface area (Å²) in [7, 11) is 1.94. The summed E-state index contributed by atoms with van der Waals surface area (Å²) in [4.78, 5) is 27.4. The van der Waals surface area contributed by atoms with Gasteiger partial charge in [0.05, 0.1) is 11.0 Å². The van der Waals surface area contributed by atoms with Crippen molar-refractivity contribution in [1.29, 1.82) is 0 Å². The number of nitro groups is 1. The number of likely N-dealkylation sites (N-methyl/N-ethyl adjacent to an activating group) is 1. The van der Waals surface area contributed by atoms with Gasteiger partial charge in [-0.25, -0.2) is 0 Å². The maximum atomic E-state index is 12.7. The number of nitro benzene ring substituents is 1. The Morgan fingerprint density at radius 2 is 1.79 bits per heavy atom. The lowest BCUT2D eigenvalue weighted by Crippen LogP contribution is -2.39. The van der Waals surface area contributed by atoms with Gasteiger partial charge in [-0.05, 0) is 57.0 Å². The van der Waals surface area contributed by atoms with Crippen LogP contribution in [-0.4, -0.2) is 41.9 Å². The number of carbonyl (C=O) groups is 1. The summed E-state index contributed by atoms with van der Waals surface area (Å²) in [5.74, 6) is -0.142. The maximum Gasteiger partial charge on any atom is 0.269 e. The number of nitrogens with zero attached hydrogens (tertiary/aromatic N) is 3. The first-order valence-corrected chi connectivity index (χ1v) is 10.0. The summed E-state index contributed by atoms with van der Waals surface area (Å²) in [6, 6.07) is 13.9. The molecular formula is C22H28N4O3. The SMILES string of the molecule is C[C@H](C(=O)Nc1ccc([N+](=O)[O-])cc1)N(C)Cc1ccccc1N1CCCCC1. The van der Waals surface area contributed by atoms with Crippen molar-refractivity contribution in [3.63, 3.8) is 0 Å². The third kappa shape index (κ3) is 5.32. The second-order valence-electron chi connectivity index (χ2n) is 7.56. The lowest BCUT2D eigenvalue weighted by molar-refractivity contribution is -0.384. The summed E-state index contributed by atoms with van der Waals surface area (Å²) in [5, 5.41) is 13.6. The fraction of sp³-hybridized carbons (Fsp3) is 0.409. The quantitative estimate of drug-likeness (QED) is 0.564. The largest absolute Gasteiger partial charge is 0.371 e. The van der Waals surface area contributed by atoms with E-state index >= 15 is 0 Å². The molecule has 1 N–H and O–H groups in total. The number of anilines is 2. The van der Waals surface area contributed by atoms with Crippen LogP contribution in [0, 0.1) is 10.1 Å². The van der Waals surface area contributed by atoms with Gasteiger partial charge in [0.2, 0.25) is 5.91 Å². The molecule has 29 heavy (non-hydrogen) atoms. The van der Waals surface area contributed by atoms with Crippen LogP contribution < -0.4 is 10.2 Å². The topological polar surface area (TPSA) is 78.7 Å². The zero-order chi connectivity index (χ0) is 20.8. The van der Waals surface area contributed by atoms with E-state index in [4.69, 9.17) is 0 Å². The number of nitrogens with one attached hydrogen (secondary N) is 1. The molecule has 0 aliphatic carbocycles. The third-order valence-electron chi connectivity index (χ3n) is 5.49. The van der Waals surface area contributed by atoms with Gasteiger partial charge >= 0.3 is 0 Å². The summed E-state index contributed by atoms with van der Waals surface area (Å²) in [6.07, 6.45) is 3.73. The maximum absolute atomic E-state index is 12.7. The molecule has 0 unspecified atom stereocenters. The second kappa shape index (κ2) is 9.52. The number of hydrogen-bond acceptors (Lipinski definition) is 5. The molecule has 1 atom stereocenters. The lowest BCUT2D eigenvalue weighted by atomic mass is 10.1. The van der Waals surface area contributed by atoms with Crippen molar-refractivity contribution in [2.75, 3.05) is 30.4 Å². The Morgan fingerprint density at radius 1 is 1.14 bits per heavy atom. The van der Waals surface area contributed by atoms with Crippen LogP contribution >= 0.6 is 0 Å². The molecule has 1 fully saturated rings. The Kier molecular flexibility index (Phi) is 6.82. The first kappa shape index (κ1) is 20.8. The van der Waals surface area contributed by atoms with Crippen molar-refractivity contribution in [2.45, 2.75) is 38.8 Å². The van der Waals surface area contributed by atoms with Crippen molar-refractivity contribution < 1.29 is 9.72 Å². The number of hydrogen-bond donors (Lipinski definition) is 1. The molecule has 0 radical (unpaired) electrons. The number of amides is 1. The summed E-state index contributed by atoms with van der Waals surface area (Å²) in [5.41, 5.74) is 3.02. The molecule has 2 aromatic carbocycles. The Labute approximate surface area is 171 Å². The molecule has 3 rings (SSSR count). The molecular weight excluding hydrogens is 368 g/mol. The van der Waals surface area contributed by atoms with Crippen LogP contribution in [0.2, 0.25) is 0 Å². The molecule has 7 nitrogen and oxygen atoms in total. The molecule has 1 aliphatic rings. The summed E-state index contributed by atoms with van der Waals surface area (Å²) in [6.45, 7) is 4.69. The van der Waals surface area contributed by atoms with Crippen molar-refractivity contribution in [3.05, 3.63) is 64.2 Å². The molecule has 2 aromatic rings. The first-order chi connectivity index (χ1) is 14.0. The van der Waals surface area contributed by atoms with Crippen molar-refractivity contribution in [1.82, 2.24) is 4.90 Å². The van der Waals surface area contributed by atoms with Crippen LogP contribution in [0.4, 0.5) is 17.1 Å². The van der Waals surface area contributed by atoms with E-state index in [1.54, 1.807) is 12.1 Å². The van der Waals surface area contributed by atoms with Gasteiger partial charge in [-0.2, -0.15) is 0 Å². The molecule has 1 amide bonds. The van der Waals surface area contributed by atoms with Crippen molar-refractivity contribution >= 4 is 23.0 Å². The summed E-state index contributed by atoms with van der Waals surface area (Å²) < 4.78 is 0. The highest BCUT2D eigenvalue weighted by Gasteiger charge is 2.21. The number of carbonyl (C=O) groups excluding carboxylic acids is 1. The van der Waals surface area contributed by atoms with Crippen LogP contribution in [0.15, 0.2) is 48.5 Å². The molecule has 0 bridgehead atoms. The Morgan fingerprint density at radius 3 is 2.45 bits per heavy atom. The van der Waals surface area contributed by atoms with Crippen LogP contribution in [0.5, 0.6) is 0 Å². The van der Waals surface area contributed by atoms with Crippen LogP contribution in [0.3, 0.4) is 0 Å². The second-order valence-corrected chi connectivity index (χ2v) is 7.56. The van der Waals surface area contributed by atoms with Gasteiger partial charge in [0.25, 0.3) is 5.69 Å². The molecule has 1 saturated heterocycles. The van der Waals surface area contributed by atoms with E-state index in [9.17, 15) is 14.9 Å². The van der Waals surface area contributed by atoms with Gasteiger partial charge in [-0.15, -0.1) is 0 Å². The number of non-ortho nitro benzene ring substituents is 1. The van der Waals surface area contributed by atoms with E-state index in [-0.39, 0.29) is 17.6 Å². The Hall–Kier alpha value is -2.93. The molecule has 154 valence electrons. The van der Waals surface area contributed by atoms with Gasteiger partial charge < -0.3 is 10.2 Å². The standard InChI is InChI=1S/C22H28N4O3/c1-17(22(27)23-19-10-12-20(13-11-19)26(28)29)24(2)16-18-8-4-5-9-21(18)25-14-6-3-7-15-25/h4-5,8-13,17H,3,6-7,14-16H2,1-2H3,(H,23,27)/t17-/m1/s1. The van der Waals surface area contributed by atoms with Crippen molar-refractivity contribution in [3.8, 4) is 0 Å². The van der Waals surface area contributed by atoms with E-state index in [0.29, 0.717) is 12.2 Å². The molecule has 0 saturated carbocycles. The number of benzene rings is 2. The monoisotopic (exact) mass is 396 g/mol. The molecule has 7 heteroatoms. The minimum Gasteiger partial charge on any atom is -0.371 e. The highest BCUT2D eigenvalue weighted by Crippen LogP contribution is 2.25. The zero-order valence-corrected chi connectivity index (χ0v) is 17.0. The number of piperidine rings is 1. The van der Waals surface area contributed by atoms with Gasteiger partial charge in [-0.3, -0.25) is 19.8 Å². The third-order valence-corrected chi connectivity index (χ3v) is 5.49. The fourth-order valence-electron chi connectivity index (χ4n) is 3.61. The van der Waals surface area contributed by atoms with E-state index in [2.05, 4.69) is 28.4 Å². The number of rotatable bonds is 7. The van der Waals surface area contributed by atoms with Gasteiger partial charge in [-0.1, -0.05) is 18.2 Å².